The van der Waals surface area contributed by atoms with E-state index in [0.717, 1.165) is 31.7 Å². The van der Waals surface area contributed by atoms with Crippen LogP contribution in [0.4, 0.5) is 18.9 Å². The highest BCUT2D eigenvalue weighted by molar-refractivity contribution is 9.10. The number of anilines is 1. The first-order valence-corrected chi connectivity index (χ1v) is 12.2. The molecule has 0 aromatic heterocycles. The number of rotatable bonds is 4. The quantitative estimate of drug-likeness (QED) is 0.374. The van der Waals surface area contributed by atoms with Crippen LogP contribution in [0.3, 0.4) is 0 Å². The second-order valence-electron chi connectivity index (χ2n) is 5.75. The molecule has 0 saturated heterocycles. The highest BCUT2D eigenvalue weighted by Gasteiger charge is 2.31. The average Bonchev–Trinajstić information content (AvgIpc) is 2.62. The van der Waals surface area contributed by atoms with Crippen LogP contribution in [0.25, 0.3) is 0 Å². The van der Waals surface area contributed by atoms with Gasteiger partial charge in [-0.05, 0) is 42.5 Å². The molecule has 0 radical (unpaired) electrons. The summed E-state index contributed by atoms with van der Waals surface area (Å²) in [5, 5.41) is 4.96. The Bertz CT molecular complexity index is 940. The zero-order valence-corrected chi connectivity index (χ0v) is 18.6. The predicted molar refractivity (Wildman–Crippen MR) is 117 cm³/mol. The van der Waals surface area contributed by atoms with Crippen LogP contribution in [0.5, 0.6) is 0 Å². The van der Waals surface area contributed by atoms with E-state index in [-0.39, 0.29) is 0 Å². The van der Waals surface area contributed by atoms with Gasteiger partial charge in [-0.3, -0.25) is 0 Å². The minimum atomic E-state index is -4.41. The molecule has 0 aliphatic heterocycles. The summed E-state index contributed by atoms with van der Waals surface area (Å²) in [7, 11) is 0. The number of halogens is 5. The predicted octanol–water partition coefficient (Wildman–Crippen LogP) is 6.69. The minimum absolute atomic E-state index is 0.346. The molecular formula is C19H13Br2F3NPS. The van der Waals surface area contributed by atoms with E-state index in [0.29, 0.717) is 5.69 Å². The van der Waals surface area contributed by atoms with Crippen LogP contribution < -0.4 is 15.7 Å². The van der Waals surface area contributed by atoms with E-state index in [2.05, 4.69) is 36.9 Å². The number of nitrogens with one attached hydrogen (secondary N) is 1. The number of hydrogen-bond donors (Lipinski definition) is 1. The first-order valence-electron chi connectivity index (χ1n) is 7.76. The van der Waals surface area contributed by atoms with Crippen molar-refractivity contribution in [3.8, 4) is 0 Å². The Morgan fingerprint density at radius 2 is 1.26 bits per heavy atom. The van der Waals surface area contributed by atoms with Gasteiger partial charge < -0.3 is 5.09 Å². The van der Waals surface area contributed by atoms with Gasteiger partial charge in [0.15, 0.2) is 0 Å². The van der Waals surface area contributed by atoms with Crippen LogP contribution in [0.2, 0.25) is 0 Å². The molecule has 3 aromatic rings. The zero-order chi connectivity index (χ0) is 19.7. The highest BCUT2D eigenvalue weighted by Crippen LogP contribution is 2.45. The Morgan fingerprint density at radius 1 is 0.778 bits per heavy atom. The Hall–Kier alpha value is -1.14. The van der Waals surface area contributed by atoms with E-state index in [4.69, 9.17) is 11.8 Å². The van der Waals surface area contributed by atoms with Gasteiger partial charge in [0.25, 0.3) is 0 Å². The largest absolute Gasteiger partial charge is 0.416 e. The summed E-state index contributed by atoms with van der Waals surface area (Å²) in [6, 6.07) is 20.2. The Morgan fingerprint density at radius 3 is 1.70 bits per heavy atom. The lowest BCUT2D eigenvalue weighted by atomic mass is 10.2. The lowest BCUT2D eigenvalue weighted by molar-refractivity contribution is -0.137. The normalized spacial score (nSPS) is 12.0. The van der Waals surface area contributed by atoms with E-state index in [1.54, 1.807) is 6.07 Å². The first-order chi connectivity index (χ1) is 12.7. The molecule has 3 rings (SSSR count). The van der Waals surface area contributed by atoms with Crippen LogP contribution in [0.1, 0.15) is 5.56 Å². The molecule has 0 unspecified atom stereocenters. The van der Waals surface area contributed by atoms with Gasteiger partial charge in [0.2, 0.25) is 0 Å². The SMILES string of the molecule is FC(F)(F)c1cccc(NP(=S)(c2ccc(Br)cc2)c2ccc(Br)cc2)c1. The van der Waals surface area contributed by atoms with Gasteiger partial charge in [0.1, 0.15) is 0 Å². The van der Waals surface area contributed by atoms with Crippen molar-refractivity contribution in [3.63, 3.8) is 0 Å². The molecule has 0 saturated carbocycles. The van der Waals surface area contributed by atoms with Crippen LogP contribution in [-0.2, 0) is 18.0 Å². The topological polar surface area (TPSA) is 12.0 Å². The molecule has 0 atom stereocenters. The van der Waals surface area contributed by atoms with Crippen molar-refractivity contribution in [1.82, 2.24) is 0 Å². The monoisotopic (exact) mass is 533 g/mol. The maximum Gasteiger partial charge on any atom is 0.416 e. The van der Waals surface area contributed by atoms with Gasteiger partial charge in [0, 0.05) is 25.2 Å². The molecule has 1 N–H and O–H groups in total. The third kappa shape index (κ3) is 4.83. The van der Waals surface area contributed by atoms with E-state index in [1.165, 1.54) is 6.07 Å². The van der Waals surface area contributed by atoms with Crippen molar-refractivity contribution < 1.29 is 13.2 Å². The molecule has 0 spiro atoms. The Labute approximate surface area is 177 Å². The first kappa shape index (κ1) is 20.6. The van der Waals surface area contributed by atoms with Gasteiger partial charge in [-0.2, -0.15) is 13.2 Å². The van der Waals surface area contributed by atoms with Gasteiger partial charge in [-0.1, -0.05) is 74.0 Å². The van der Waals surface area contributed by atoms with Crippen LogP contribution in [-0.4, -0.2) is 0 Å². The lowest BCUT2D eigenvalue weighted by Gasteiger charge is -2.26. The molecule has 0 amide bonds. The van der Waals surface area contributed by atoms with Crippen molar-refractivity contribution in [2.45, 2.75) is 6.18 Å². The summed E-state index contributed by atoms with van der Waals surface area (Å²) < 4.78 is 41.1. The molecule has 27 heavy (non-hydrogen) atoms. The van der Waals surface area contributed by atoms with Crippen molar-refractivity contribution in [2.24, 2.45) is 0 Å². The second-order valence-corrected chi connectivity index (χ2v) is 11.7. The van der Waals surface area contributed by atoms with E-state index in [1.807, 2.05) is 48.5 Å². The zero-order valence-electron chi connectivity index (χ0n) is 13.7. The molecule has 0 bridgehead atoms. The summed E-state index contributed by atoms with van der Waals surface area (Å²) in [6.07, 6.45) is -6.99. The summed E-state index contributed by atoms with van der Waals surface area (Å²) >= 11 is 12.8. The van der Waals surface area contributed by atoms with Gasteiger partial charge in [0.05, 0.1) is 11.8 Å². The molecular weight excluding hydrogens is 522 g/mol. The summed E-state index contributed by atoms with van der Waals surface area (Å²) in [5.41, 5.74) is -0.361. The van der Waals surface area contributed by atoms with Crippen LogP contribution in [0, 0.1) is 0 Å². The Kier molecular flexibility index (Phi) is 6.16. The fourth-order valence-corrected chi connectivity index (χ4v) is 6.30. The number of hydrogen-bond acceptors (Lipinski definition) is 1. The lowest BCUT2D eigenvalue weighted by Crippen LogP contribution is -2.21. The van der Waals surface area contributed by atoms with Crippen molar-refractivity contribution >= 4 is 66.2 Å². The fraction of sp³-hybridized carbons (Fsp3) is 0.0526. The minimum Gasteiger partial charge on any atom is -0.351 e. The molecule has 0 aliphatic rings. The van der Waals surface area contributed by atoms with Crippen molar-refractivity contribution in [2.75, 3.05) is 5.09 Å². The second kappa shape index (κ2) is 8.08. The molecule has 0 aliphatic carbocycles. The molecule has 0 heterocycles. The molecule has 8 heteroatoms. The van der Waals surface area contributed by atoms with Crippen molar-refractivity contribution in [3.05, 3.63) is 87.3 Å². The number of alkyl halides is 3. The molecule has 0 fully saturated rings. The Balaban J connectivity index is 2.09. The van der Waals surface area contributed by atoms with Crippen molar-refractivity contribution in [1.29, 1.82) is 0 Å². The summed E-state index contributed by atoms with van der Waals surface area (Å²) in [4.78, 5) is 0. The average molecular weight is 535 g/mol. The highest BCUT2D eigenvalue weighted by atomic mass is 79.9. The van der Waals surface area contributed by atoms with Crippen LogP contribution >= 0.6 is 38.0 Å². The molecule has 140 valence electrons. The third-order valence-corrected chi connectivity index (χ3v) is 9.08. The molecule has 1 nitrogen and oxygen atoms in total. The maximum atomic E-state index is 13.1. The maximum absolute atomic E-state index is 13.1. The fourth-order valence-electron chi connectivity index (χ4n) is 2.53. The van der Waals surface area contributed by atoms with Crippen LogP contribution in [0.15, 0.2) is 81.7 Å². The van der Waals surface area contributed by atoms with Gasteiger partial charge in [-0.25, -0.2) is 0 Å². The smallest absolute Gasteiger partial charge is 0.351 e. The standard InChI is InChI=1S/C19H13Br2F3NPS/c20-14-4-8-17(9-5-14)26(27,18-10-6-15(21)7-11-18)25-16-3-1-2-13(12-16)19(22,23)24/h1-12H,(H,25,27). The third-order valence-electron chi connectivity index (χ3n) is 3.86. The molecule has 3 aromatic carbocycles. The van der Waals surface area contributed by atoms with E-state index in [9.17, 15) is 13.2 Å². The summed E-state index contributed by atoms with van der Waals surface area (Å²) in [6.45, 7) is 0. The van der Waals surface area contributed by atoms with E-state index >= 15 is 0 Å². The van der Waals surface area contributed by atoms with E-state index < -0.39 is 17.9 Å². The van der Waals surface area contributed by atoms with Gasteiger partial charge in [-0.15, -0.1) is 0 Å². The number of benzene rings is 3. The van der Waals surface area contributed by atoms with Gasteiger partial charge >= 0.3 is 6.18 Å². The summed E-state index contributed by atoms with van der Waals surface area (Å²) in [5.74, 6) is 0.